The van der Waals surface area contributed by atoms with Gasteiger partial charge in [-0.1, -0.05) is 18.2 Å². The van der Waals surface area contributed by atoms with E-state index in [0.29, 0.717) is 5.89 Å². The molecule has 0 atom stereocenters. The van der Waals surface area contributed by atoms with Gasteiger partial charge in [-0.3, -0.25) is 4.84 Å². The van der Waals surface area contributed by atoms with Gasteiger partial charge in [-0.05, 0) is 18.2 Å². The first-order valence-electron chi connectivity index (χ1n) is 5.94. The smallest absolute Gasteiger partial charge is 0.277 e. The number of benzene rings is 1. The van der Waals surface area contributed by atoms with Gasteiger partial charge >= 0.3 is 0 Å². The second-order valence-electron chi connectivity index (χ2n) is 3.98. The van der Waals surface area contributed by atoms with Crippen LogP contribution in [0.1, 0.15) is 0 Å². The topological polar surface area (TPSA) is 39.1 Å². The normalized spacial score (nSPS) is 10.4. The number of nitrogens with zero attached hydrogens (tertiary/aromatic N) is 2. The van der Waals surface area contributed by atoms with E-state index in [-0.39, 0.29) is 0 Å². The lowest BCUT2D eigenvalue weighted by Gasteiger charge is -2.04. The van der Waals surface area contributed by atoms with Gasteiger partial charge in [0.2, 0.25) is 12.1 Å². The molecule has 19 heavy (non-hydrogen) atoms. The third-order valence-electron chi connectivity index (χ3n) is 2.87. The van der Waals surface area contributed by atoms with Crippen LogP contribution in [0.3, 0.4) is 0 Å². The molecule has 4 heteroatoms. The molecule has 0 radical (unpaired) electrons. The highest BCUT2D eigenvalue weighted by Crippen LogP contribution is 2.27. The number of hydrogen-bond acceptors (Lipinski definition) is 3. The zero-order valence-electron chi connectivity index (χ0n) is 10.5. The Hall–Kier alpha value is -2.62. The van der Waals surface area contributed by atoms with Crippen LogP contribution in [0.15, 0.2) is 65.5 Å². The van der Waals surface area contributed by atoms with Gasteiger partial charge in [0.1, 0.15) is 18.9 Å². The van der Waals surface area contributed by atoms with Crippen LogP contribution < -0.4 is 9.57 Å². The number of hydrogen-bond donors (Lipinski definition) is 0. The van der Waals surface area contributed by atoms with Crippen molar-refractivity contribution in [2.45, 2.75) is 0 Å². The van der Waals surface area contributed by atoms with Crippen LogP contribution in [0.2, 0.25) is 0 Å². The third kappa shape index (κ3) is 2.08. The zero-order valence-corrected chi connectivity index (χ0v) is 10.5. The summed E-state index contributed by atoms with van der Waals surface area (Å²) in [5, 5.41) is 0. The Bertz CT molecular complexity index is 664. The number of rotatable bonds is 3. The van der Waals surface area contributed by atoms with Crippen molar-refractivity contribution in [3.05, 3.63) is 61.1 Å². The number of aromatic nitrogens is 2. The Labute approximate surface area is 110 Å². The Morgan fingerprint density at radius 1 is 1.11 bits per heavy atom. The standard InChI is InChI=1S/C15H13N2O2/c1-18-17-10-5-8-13(15-16-9-11-19-15)14(17)12-6-3-2-4-7-12/h2-11H,1H3/q+1. The molecule has 1 aromatic carbocycles. The maximum Gasteiger partial charge on any atom is 0.277 e. The summed E-state index contributed by atoms with van der Waals surface area (Å²) >= 11 is 0. The van der Waals surface area contributed by atoms with Gasteiger partial charge < -0.3 is 4.42 Å². The highest BCUT2D eigenvalue weighted by Gasteiger charge is 2.23. The fraction of sp³-hybridized carbons (Fsp3) is 0.0667. The van der Waals surface area contributed by atoms with Crippen LogP contribution in [0.5, 0.6) is 0 Å². The molecule has 0 fully saturated rings. The molecule has 0 saturated heterocycles. The van der Waals surface area contributed by atoms with Crippen molar-refractivity contribution >= 4 is 0 Å². The lowest BCUT2D eigenvalue weighted by molar-refractivity contribution is -0.876. The van der Waals surface area contributed by atoms with Crippen LogP contribution in [0.25, 0.3) is 22.7 Å². The molecule has 3 rings (SSSR count). The van der Waals surface area contributed by atoms with Crippen molar-refractivity contribution < 1.29 is 14.0 Å². The van der Waals surface area contributed by atoms with E-state index in [1.54, 1.807) is 24.3 Å². The average molecular weight is 253 g/mol. The molecule has 0 amide bonds. The molecule has 0 spiro atoms. The Morgan fingerprint density at radius 2 is 1.95 bits per heavy atom. The molecule has 0 N–H and O–H groups in total. The predicted octanol–water partition coefficient (Wildman–Crippen LogP) is 2.35. The van der Waals surface area contributed by atoms with Crippen LogP contribution >= 0.6 is 0 Å². The van der Waals surface area contributed by atoms with Gasteiger partial charge in [0.15, 0.2) is 0 Å². The van der Waals surface area contributed by atoms with E-state index in [1.807, 2.05) is 48.7 Å². The Morgan fingerprint density at radius 3 is 2.63 bits per heavy atom. The van der Waals surface area contributed by atoms with Crippen molar-refractivity contribution in [3.8, 4) is 22.7 Å². The molecule has 2 aromatic heterocycles. The van der Waals surface area contributed by atoms with E-state index in [2.05, 4.69) is 4.98 Å². The van der Waals surface area contributed by atoms with Gasteiger partial charge in [0, 0.05) is 10.8 Å². The highest BCUT2D eigenvalue weighted by atomic mass is 16.6. The SMILES string of the molecule is CO[n+]1cccc(-c2ncco2)c1-c1ccccc1. The molecule has 0 saturated carbocycles. The van der Waals surface area contributed by atoms with Gasteiger partial charge in [-0.25, -0.2) is 4.98 Å². The van der Waals surface area contributed by atoms with Crippen molar-refractivity contribution in [2.75, 3.05) is 7.11 Å². The Balaban J connectivity index is 2.26. The quantitative estimate of drug-likeness (QED) is 0.673. The Kier molecular flexibility index (Phi) is 2.98. The lowest BCUT2D eigenvalue weighted by Crippen LogP contribution is -2.42. The summed E-state index contributed by atoms with van der Waals surface area (Å²) in [7, 11) is 1.63. The molecule has 0 aliphatic heterocycles. The van der Waals surface area contributed by atoms with Crippen molar-refractivity contribution in [1.82, 2.24) is 4.98 Å². The molecule has 3 aromatic rings. The van der Waals surface area contributed by atoms with Crippen LogP contribution in [0, 0.1) is 0 Å². The summed E-state index contributed by atoms with van der Waals surface area (Å²) in [5.41, 5.74) is 2.84. The molecule has 0 unspecified atom stereocenters. The van der Waals surface area contributed by atoms with E-state index in [0.717, 1.165) is 16.8 Å². The first-order chi connectivity index (χ1) is 9.40. The second-order valence-corrected chi connectivity index (χ2v) is 3.98. The monoisotopic (exact) mass is 253 g/mol. The van der Waals surface area contributed by atoms with E-state index >= 15 is 0 Å². The van der Waals surface area contributed by atoms with Crippen LogP contribution in [0.4, 0.5) is 0 Å². The minimum atomic E-state index is 0.574. The number of pyridine rings is 1. The summed E-state index contributed by atoms with van der Waals surface area (Å²) < 4.78 is 7.10. The average Bonchev–Trinajstić information content (AvgIpc) is 3.01. The van der Waals surface area contributed by atoms with E-state index < -0.39 is 0 Å². The maximum absolute atomic E-state index is 5.40. The van der Waals surface area contributed by atoms with Gasteiger partial charge in [0.05, 0.1) is 11.8 Å². The molecular weight excluding hydrogens is 240 g/mol. The first kappa shape index (κ1) is 11.5. The molecule has 94 valence electrons. The summed E-state index contributed by atoms with van der Waals surface area (Å²) in [6.07, 6.45) is 5.05. The minimum absolute atomic E-state index is 0.574. The first-order valence-corrected chi connectivity index (χ1v) is 5.94. The number of oxazole rings is 1. The third-order valence-corrected chi connectivity index (χ3v) is 2.87. The van der Waals surface area contributed by atoms with Crippen LogP contribution in [-0.4, -0.2) is 12.1 Å². The molecule has 4 nitrogen and oxygen atoms in total. The van der Waals surface area contributed by atoms with Crippen molar-refractivity contribution in [3.63, 3.8) is 0 Å². The minimum Gasteiger partial charge on any atom is -0.444 e. The fourth-order valence-electron chi connectivity index (χ4n) is 2.05. The largest absolute Gasteiger partial charge is 0.444 e. The molecule has 0 aliphatic carbocycles. The van der Waals surface area contributed by atoms with Crippen LogP contribution in [-0.2, 0) is 0 Å². The van der Waals surface area contributed by atoms with E-state index in [9.17, 15) is 0 Å². The zero-order chi connectivity index (χ0) is 13.1. The fourth-order valence-corrected chi connectivity index (χ4v) is 2.05. The molecular formula is C15H13N2O2+. The molecule has 2 heterocycles. The maximum atomic E-state index is 5.40. The van der Waals surface area contributed by atoms with Gasteiger partial charge in [-0.15, -0.1) is 0 Å². The molecule has 0 bridgehead atoms. The summed E-state index contributed by atoms with van der Waals surface area (Å²) in [6.45, 7) is 0. The predicted molar refractivity (Wildman–Crippen MR) is 70.1 cm³/mol. The van der Waals surface area contributed by atoms with Crippen molar-refractivity contribution in [2.24, 2.45) is 0 Å². The lowest BCUT2D eigenvalue weighted by atomic mass is 10.1. The molecule has 0 aliphatic rings. The van der Waals surface area contributed by atoms with Gasteiger partial charge in [-0.2, -0.15) is 0 Å². The van der Waals surface area contributed by atoms with E-state index in [4.69, 9.17) is 9.25 Å². The van der Waals surface area contributed by atoms with Crippen molar-refractivity contribution in [1.29, 1.82) is 0 Å². The summed E-state index contributed by atoms with van der Waals surface area (Å²) in [6, 6.07) is 13.9. The van der Waals surface area contributed by atoms with Gasteiger partial charge in [0.25, 0.3) is 5.69 Å². The summed E-state index contributed by atoms with van der Waals surface area (Å²) in [4.78, 5) is 9.60. The summed E-state index contributed by atoms with van der Waals surface area (Å²) in [5.74, 6) is 0.574. The second kappa shape index (κ2) is 4.94. The van der Waals surface area contributed by atoms with E-state index in [1.165, 1.54) is 0 Å². The highest BCUT2D eigenvalue weighted by molar-refractivity contribution is 5.74.